The highest BCUT2D eigenvalue weighted by Crippen LogP contribution is 2.08. The third kappa shape index (κ3) is 4.37. The third-order valence-corrected chi connectivity index (χ3v) is 2.96. The Kier molecular flexibility index (Phi) is 6.02. The van der Waals surface area contributed by atoms with Gasteiger partial charge in [-0.25, -0.2) is 0 Å². The van der Waals surface area contributed by atoms with Gasteiger partial charge in [0, 0.05) is 19.2 Å². The van der Waals surface area contributed by atoms with E-state index in [1.54, 1.807) is 31.2 Å². The van der Waals surface area contributed by atoms with Crippen LogP contribution in [0.2, 0.25) is 0 Å². The van der Waals surface area contributed by atoms with Crippen LogP contribution < -0.4 is 5.32 Å². The van der Waals surface area contributed by atoms with Crippen LogP contribution >= 0.6 is 0 Å². The number of methoxy groups -OCH3 is 2. The van der Waals surface area contributed by atoms with Crippen LogP contribution in [0.15, 0.2) is 30.3 Å². The molecule has 0 aromatic heterocycles. The Hall–Kier alpha value is -1.88. The number of hydrogen-bond acceptors (Lipinski definition) is 4. The van der Waals surface area contributed by atoms with Crippen molar-refractivity contribution in [2.45, 2.75) is 13.0 Å². The quantitative estimate of drug-likeness (QED) is 0.786. The average molecular weight is 265 g/mol. The third-order valence-electron chi connectivity index (χ3n) is 2.96. The summed E-state index contributed by atoms with van der Waals surface area (Å²) >= 11 is 0. The Balaban J connectivity index is 2.61. The zero-order valence-electron chi connectivity index (χ0n) is 11.4. The second kappa shape index (κ2) is 7.53. The van der Waals surface area contributed by atoms with Crippen molar-refractivity contribution in [3.8, 4) is 0 Å². The van der Waals surface area contributed by atoms with Crippen molar-refractivity contribution in [1.82, 2.24) is 5.32 Å². The molecular formula is C14H19NO4. The standard InChI is InChI=1S/C14H19NO4/c1-10(18-2)12(14(17)19-3)9-15-13(16)11-7-5-4-6-8-11/h4-8,10,12H,9H2,1-3H3,(H,15,16). The smallest absolute Gasteiger partial charge is 0.313 e. The lowest BCUT2D eigenvalue weighted by Crippen LogP contribution is -2.39. The summed E-state index contributed by atoms with van der Waals surface area (Å²) in [6, 6.07) is 8.82. The molecule has 1 aromatic carbocycles. The SMILES string of the molecule is COC(=O)C(CNC(=O)c1ccccc1)C(C)OC. The van der Waals surface area contributed by atoms with Crippen molar-refractivity contribution in [3.05, 3.63) is 35.9 Å². The van der Waals surface area contributed by atoms with Crippen molar-refractivity contribution in [3.63, 3.8) is 0 Å². The number of nitrogens with one attached hydrogen (secondary N) is 1. The lowest BCUT2D eigenvalue weighted by Gasteiger charge is -2.20. The Bertz CT molecular complexity index is 419. The molecule has 0 saturated heterocycles. The van der Waals surface area contributed by atoms with Crippen LogP contribution in [0.3, 0.4) is 0 Å². The fourth-order valence-electron chi connectivity index (χ4n) is 1.65. The van der Waals surface area contributed by atoms with Crippen LogP contribution in [0.25, 0.3) is 0 Å². The van der Waals surface area contributed by atoms with Gasteiger partial charge in [-0.05, 0) is 19.1 Å². The number of benzene rings is 1. The fourth-order valence-corrected chi connectivity index (χ4v) is 1.65. The van der Waals surface area contributed by atoms with Crippen LogP contribution in [0.5, 0.6) is 0 Å². The molecule has 0 bridgehead atoms. The van der Waals surface area contributed by atoms with E-state index in [2.05, 4.69) is 5.32 Å². The van der Waals surface area contributed by atoms with Crippen molar-refractivity contribution < 1.29 is 19.1 Å². The molecule has 19 heavy (non-hydrogen) atoms. The van der Waals surface area contributed by atoms with Gasteiger partial charge in [-0.1, -0.05) is 18.2 Å². The molecule has 5 heteroatoms. The molecule has 5 nitrogen and oxygen atoms in total. The van der Waals surface area contributed by atoms with Gasteiger partial charge in [0.1, 0.15) is 0 Å². The summed E-state index contributed by atoms with van der Waals surface area (Å²) < 4.78 is 9.82. The van der Waals surface area contributed by atoms with Crippen LogP contribution in [0.1, 0.15) is 17.3 Å². The zero-order chi connectivity index (χ0) is 14.3. The number of carbonyl (C=O) groups is 2. The monoisotopic (exact) mass is 265 g/mol. The minimum Gasteiger partial charge on any atom is -0.469 e. The average Bonchev–Trinajstić information content (AvgIpc) is 2.47. The number of amides is 1. The van der Waals surface area contributed by atoms with Crippen molar-refractivity contribution in [1.29, 1.82) is 0 Å². The second-order valence-electron chi connectivity index (χ2n) is 4.15. The highest BCUT2D eigenvalue weighted by atomic mass is 16.5. The van der Waals surface area contributed by atoms with Gasteiger partial charge in [0.05, 0.1) is 19.1 Å². The lowest BCUT2D eigenvalue weighted by atomic mass is 10.0. The number of carbonyl (C=O) groups excluding carboxylic acids is 2. The minimum atomic E-state index is -0.525. The molecule has 0 aliphatic rings. The fraction of sp³-hybridized carbons (Fsp3) is 0.429. The van der Waals surface area contributed by atoms with Crippen LogP contribution in [0.4, 0.5) is 0 Å². The molecule has 104 valence electrons. The van der Waals surface area contributed by atoms with Gasteiger partial charge in [0.25, 0.3) is 5.91 Å². The molecule has 0 spiro atoms. The maximum absolute atomic E-state index is 11.9. The van der Waals surface area contributed by atoms with Gasteiger partial charge in [0.15, 0.2) is 0 Å². The van der Waals surface area contributed by atoms with Gasteiger partial charge >= 0.3 is 5.97 Å². The second-order valence-corrected chi connectivity index (χ2v) is 4.15. The van der Waals surface area contributed by atoms with E-state index in [-0.39, 0.29) is 18.6 Å². The Morgan fingerprint density at radius 1 is 1.21 bits per heavy atom. The molecule has 0 fully saturated rings. The zero-order valence-corrected chi connectivity index (χ0v) is 11.4. The summed E-state index contributed by atoms with van der Waals surface area (Å²) in [7, 11) is 2.83. The molecular weight excluding hydrogens is 246 g/mol. The topological polar surface area (TPSA) is 64.6 Å². The van der Waals surface area contributed by atoms with E-state index in [1.165, 1.54) is 14.2 Å². The van der Waals surface area contributed by atoms with Crippen molar-refractivity contribution in [2.24, 2.45) is 5.92 Å². The van der Waals surface area contributed by atoms with E-state index >= 15 is 0 Å². The predicted molar refractivity (Wildman–Crippen MR) is 70.8 cm³/mol. The van der Waals surface area contributed by atoms with Crippen LogP contribution in [-0.4, -0.2) is 38.7 Å². The summed E-state index contributed by atoms with van der Waals surface area (Å²) in [5.41, 5.74) is 0.552. The summed E-state index contributed by atoms with van der Waals surface area (Å²) in [6.07, 6.45) is -0.330. The van der Waals surface area contributed by atoms with E-state index in [4.69, 9.17) is 9.47 Å². The highest BCUT2D eigenvalue weighted by molar-refractivity contribution is 5.94. The first kappa shape index (κ1) is 15.2. The van der Waals surface area contributed by atoms with E-state index < -0.39 is 11.9 Å². The highest BCUT2D eigenvalue weighted by Gasteiger charge is 2.26. The van der Waals surface area contributed by atoms with E-state index in [9.17, 15) is 9.59 Å². The lowest BCUT2D eigenvalue weighted by molar-refractivity contribution is -0.149. The van der Waals surface area contributed by atoms with Gasteiger partial charge in [0.2, 0.25) is 0 Å². The van der Waals surface area contributed by atoms with Gasteiger partial charge in [-0.15, -0.1) is 0 Å². The molecule has 0 aliphatic carbocycles. The molecule has 0 heterocycles. The van der Waals surface area contributed by atoms with Gasteiger partial charge < -0.3 is 14.8 Å². The van der Waals surface area contributed by atoms with Crippen LogP contribution in [-0.2, 0) is 14.3 Å². The number of rotatable bonds is 6. The molecule has 1 amide bonds. The minimum absolute atomic E-state index is 0.176. The Morgan fingerprint density at radius 3 is 2.37 bits per heavy atom. The predicted octanol–water partition coefficient (Wildman–Crippen LogP) is 1.24. The molecule has 2 unspecified atom stereocenters. The largest absolute Gasteiger partial charge is 0.469 e. The van der Waals surface area contributed by atoms with Crippen LogP contribution in [0, 0.1) is 5.92 Å². The molecule has 0 saturated carbocycles. The number of ether oxygens (including phenoxy) is 2. The first-order valence-corrected chi connectivity index (χ1v) is 6.04. The van der Waals surface area contributed by atoms with E-state index in [1.807, 2.05) is 6.07 Å². The summed E-state index contributed by atoms with van der Waals surface area (Å²) in [5.74, 6) is -1.15. The summed E-state index contributed by atoms with van der Waals surface area (Å²) in [5, 5.41) is 2.71. The summed E-state index contributed by atoms with van der Waals surface area (Å²) in [6.45, 7) is 1.94. The van der Waals surface area contributed by atoms with E-state index in [0.29, 0.717) is 5.56 Å². The Labute approximate surface area is 112 Å². The number of hydrogen-bond donors (Lipinski definition) is 1. The molecule has 0 aliphatic heterocycles. The summed E-state index contributed by atoms with van der Waals surface area (Å²) in [4.78, 5) is 23.5. The Morgan fingerprint density at radius 2 is 1.84 bits per heavy atom. The molecule has 1 rings (SSSR count). The first-order valence-electron chi connectivity index (χ1n) is 6.04. The first-order chi connectivity index (χ1) is 9.10. The maximum Gasteiger partial charge on any atom is 0.313 e. The molecule has 1 aromatic rings. The number of esters is 1. The van der Waals surface area contributed by atoms with Gasteiger partial charge in [-0.2, -0.15) is 0 Å². The van der Waals surface area contributed by atoms with E-state index in [0.717, 1.165) is 0 Å². The molecule has 2 atom stereocenters. The maximum atomic E-state index is 11.9. The van der Waals surface area contributed by atoms with Gasteiger partial charge in [-0.3, -0.25) is 9.59 Å². The van der Waals surface area contributed by atoms with Crippen molar-refractivity contribution in [2.75, 3.05) is 20.8 Å². The van der Waals surface area contributed by atoms with Crippen molar-refractivity contribution >= 4 is 11.9 Å². The molecule has 1 N–H and O–H groups in total. The molecule has 0 radical (unpaired) electrons. The normalized spacial score (nSPS) is 13.4.